The topological polar surface area (TPSA) is 20.2 Å². The van der Waals surface area contributed by atoms with Crippen LogP contribution >= 0.6 is 0 Å². The summed E-state index contributed by atoms with van der Waals surface area (Å²) in [6.45, 7) is 0. The van der Waals surface area contributed by atoms with E-state index in [1.54, 1.807) is 0 Å². The Morgan fingerprint density at radius 1 is 1.08 bits per heavy atom. The van der Waals surface area contributed by atoms with Crippen LogP contribution < -0.4 is 0 Å². The molecule has 13 heavy (non-hydrogen) atoms. The smallest absolute Gasteiger partial charge is 0.0577 e. The first-order valence-corrected chi connectivity index (χ1v) is 5.11. The highest BCUT2D eigenvalue weighted by molar-refractivity contribution is 5.30. The number of hydrogen-bond acceptors (Lipinski definition) is 1. The Hall–Kier alpha value is -0.820. The summed E-state index contributed by atoms with van der Waals surface area (Å²) in [4.78, 5) is 0. The zero-order valence-corrected chi connectivity index (χ0v) is 7.56. The lowest BCUT2D eigenvalue weighted by Crippen LogP contribution is -2.06. The van der Waals surface area contributed by atoms with Crippen LogP contribution in [0.3, 0.4) is 0 Å². The quantitative estimate of drug-likeness (QED) is 0.691. The number of aliphatic hydroxyl groups is 1. The van der Waals surface area contributed by atoms with Crippen molar-refractivity contribution in [3.05, 3.63) is 35.9 Å². The summed E-state index contributed by atoms with van der Waals surface area (Å²) in [6, 6.07) is 10.6. The lowest BCUT2D eigenvalue weighted by Gasteiger charge is -2.07. The van der Waals surface area contributed by atoms with Gasteiger partial charge in [-0.05, 0) is 36.2 Å². The molecule has 0 heterocycles. The van der Waals surface area contributed by atoms with Gasteiger partial charge in [0, 0.05) is 0 Å². The maximum atomic E-state index is 9.67. The average molecular weight is 174 g/mol. The Morgan fingerprint density at radius 3 is 2.46 bits per heavy atom. The van der Waals surface area contributed by atoms with Crippen LogP contribution in [-0.4, -0.2) is 11.2 Å². The molecule has 1 nitrogen and oxygen atoms in total. The van der Waals surface area contributed by atoms with E-state index in [0.29, 0.717) is 11.8 Å². The molecule has 1 aromatic carbocycles. The van der Waals surface area contributed by atoms with Crippen molar-refractivity contribution >= 4 is 0 Å². The molecule has 1 N–H and O–H groups in total. The van der Waals surface area contributed by atoms with Gasteiger partial charge in [-0.25, -0.2) is 0 Å². The van der Waals surface area contributed by atoms with Crippen molar-refractivity contribution < 1.29 is 5.11 Å². The van der Waals surface area contributed by atoms with Gasteiger partial charge in [0.1, 0.15) is 0 Å². The fraction of sp³-hybridized carbons (Fsp3) is 0.500. The normalized spacial score (nSPS) is 41.6. The summed E-state index contributed by atoms with van der Waals surface area (Å²) < 4.78 is 0. The van der Waals surface area contributed by atoms with Crippen LogP contribution in [0.5, 0.6) is 0 Å². The van der Waals surface area contributed by atoms with Crippen molar-refractivity contribution in [1.82, 2.24) is 0 Å². The molecule has 1 aromatic rings. The molecular weight excluding hydrogens is 160 g/mol. The standard InChI is InChI=1S/C12H14O/c13-10-7-6-9-11(12(9)10)8-4-2-1-3-5-8/h1-5,9-13H,6-7H2/t9-,10+,11?,12+/m0/s1. The first-order chi connectivity index (χ1) is 6.38. The Balaban J connectivity index is 1.84. The summed E-state index contributed by atoms with van der Waals surface area (Å²) in [5.41, 5.74) is 1.43. The van der Waals surface area contributed by atoms with Crippen LogP contribution in [0.2, 0.25) is 0 Å². The molecule has 1 heteroatoms. The summed E-state index contributed by atoms with van der Waals surface area (Å²) in [7, 11) is 0. The van der Waals surface area contributed by atoms with Gasteiger partial charge in [0.2, 0.25) is 0 Å². The first-order valence-electron chi connectivity index (χ1n) is 5.11. The van der Waals surface area contributed by atoms with Crippen LogP contribution in [0.15, 0.2) is 30.3 Å². The minimum atomic E-state index is -0.0183. The molecule has 2 fully saturated rings. The van der Waals surface area contributed by atoms with E-state index in [2.05, 4.69) is 30.3 Å². The zero-order chi connectivity index (χ0) is 8.84. The summed E-state index contributed by atoms with van der Waals surface area (Å²) in [5.74, 6) is 2.05. The molecule has 0 aromatic heterocycles. The molecule has 4 atom stereocenters. The van der Waals surface area contributed by atoms with Gasteiger partial charge in [0.15, 0.2) is 0 Å². The van der Waals surface area contributed by atoms with Gasteiger partial charge >= 0.3 is 0 Å². The second kappa shape index (κ2) is 2.58. The zero-order valence-electron chi connectivity index (χ0n) is 7.56. The van der Waals surface area contributed by atoms with Crippen LogP contribution in [0, 0.1) is 11.8 Å². The van der Waals surface area contributed by atoms with Crippen molar-refractivity contribution in [2.75, 3.05) is 0 Å². The summed E-state index contributed by atoms with van der Waals surface area (Å²) >= 11 is 0. The molecule has 2 aliphatic rings. The third kappa shape index (κ3) is 1.03. The maximum Gasteiger partial charge on any atom is 0.0577 e. The van der Waals surface area contributed by atoms with E-state index in [0.717, 1.165) is 12.3 Å². The number of fused-ring (bicyclic) bond motifs is 1. The van der Waals surface area contributed by atoms with Gasteiger partial charge < -0.3 is 5.11 Å². The van der Waals surface area contributed by atoms with E-state index in [1.165, 1.54) is 12.0 Å². The number of rotatable bonds is 1. The first kappa shape index (κ1) is 7.57. The minimum Gasteiger partial charge on any atom is -0.393 e. The Morgan fingerprint density at radius 2 is 1.85 bits per heavy atom. The van der Waals surface area contributed by atoms with E-state index in [9.17, 15) is 5.11 Å². The van der Waals surface area contributed by atoms with Crippen molar-refractivity contribution in [2.45, 2.75) is 24.9 Å². The SMILES string of the molecule is O[C@@H]1CC[C@H]2C(c3ccccc3)[C@@H]12. The highest BCUT2D eigenvalue weighted by Gasteiger charge is 2.57. The Labute approximate surface area is 78.4 Å². The molecule has 0 bridgehead atoms. The molecule has 1 unspecified atom stereocenters. The molecule has 2 aliphatic carbocycles. The van der Waals surface area contributed by atoms with Crippen LogP contribution in [0.1, 0.15) is 24.3 Å². The van der Waals surface area contributed by atoms with Crippen molar-refractivity contribution in [2.24, 2.45) is 11.8 Å². The van der Waals surface area contributed by atoms with Crippen molar-refractivity contribution in [1.29, 1.82) is 0 Å². The average Bonchev–Trinajstić information content (AvgIpc) is 2.80. The molecule has 68 valence electrons. The van der Waals surface area contributed by atoms with Gasteiger partial charge in [-0.2, -0.15) is 0 Å². The molecule has 0 saturated heterocycles. The predicted octanol–water partition coefficient (Wildman–Crippen LogP) is 2.17. The highest BCUT2D eigenvalue weighted by atomic mass is 16.3. The predicted molar refractivity (Wildman–Crippen MR) is 51.4 cm³/mol. The number of benzene rings is 1. The monoisotopic (exact) mass is 174 g/mol. The number of aliphatic hydroxyl groups excluding tert-OH is 1. The third-order valence-corrected chi connectivity index (χ3v) is 3.65. The largest absolute Gasteiger partial charge is 0.393 e. The fourth-order valence-electron chi connectivity index (χ4n) is 3.00. The third-order valence-electron chi connectivity index (χ3n) is 3.65. The molecule has 0 spiro atoms. The van der Waals surface area contributed by atoms with E-state index >= 15 is 0 Å². The van der Waals surface area contributed by atoms with Gasteiger partial charge in [0.05, 0.1) is 6.10 Å². The van der Waals surface area contributed by atoms with E-state index in [4.69, 9.17) is 0 Å². The number of hydrogen-bond donors (Lipinski definition) is 1. The molecule has 0 amide bonds. The second-order valence-corrected chi connectivity index (χ2v) is 4.32. The minimum absolute atomic E-state index is 0.0183. The second-order valence-electron chi connectivity index (χ2n) is 4.32. The molecule has 2 saturated carbocycles. The van der Waals surface area contributed by atoms with Gasteiger partial charge in [-0.1, -0.05) is 30.3 Å². The van der Waals surface area contributed by atoms with Crippen molar-refractivity contribution in [3.63, 3.8) is 0 Å². The lowest BCUT2D eigenvalue weighted by atomic mass is 10.0. The highest BCUT2D eigenvalue weighted by Crippen LogP contribution is 2.62. The van der Waals surface area contributed by atoms with E-state index in [1.807, 2.05) is 0 Å². The van der Waals surface area contributed by atoms with Crippen LogP contribution in [0.25, 0.3) is 0 Å². The van der Waals surface area contributed by atoms with Gasteiger partial charge in [-0.15, -0.1) is 0 Å². The van der Waals surface area contributed by atoms with Crippen molar-refractivity contribution in [3.8, 4) is 0 Å². The van der Waals surface area contributed by atoms with E-state index in [-0.39, 0.29) is 6.10 Å². The Bertz CT molecular complexity index is 306. The molecular formula is C12H14O. The van der Waals surface area contributed by atoms with E-state index < -0.39 is 0 Å². The van der Waals surface area contributed by atoms with Crippen LogP contribution in [0.4, 0.5) is 0 Å². The Kier molecular flexibility index (Phi) is 1.50. The maximum absolute atomic E-state index is 9.67. The van der Waals surface area contributed by atoms with Gasteiger partial charge in [-0.3, -0.25) is 0 Å². The molecule has 0 radical (unpaired) electrons. The summed E-state index contributed by atoms with van der Waals surface area (Å²) in [5, 5.41) is 9.67. The lowest BCUT2D eigenvalue weighted by molar-refractivity contribution is 0.156. The molecule has 3 rings (SSSR count). The fourth-order valence-corrected chi connectivity index (χ4v) is 3.00. The van der Waals surface area contributed by atoms with Gasteiger partial charge in [0.25, 0.3) is 0 Å². The molecule has 0 aliphatic heterocycles. The summed E-state index contributed by atoms with van der Waals surface area (Å²) in [6.07, 6.45) is 2.24. The van der Waals surface area contributed by atoms with Crippen LogP contribution in [-0.2, 0) is 0 Å².